The van der Waals surface area contributed by atoms with Gasteiger partial charge in [0.2, 0.25) is 0 Å². The lowest BCUT2D eigenvalue weighted by atomic mass is 9.97. The predicted molar refractivity (Wildman–Crippen MR) is 89.2 cm³/mol. The van der Waals surface area contributed by atoms with Crippen LogP contribution in [0, 0.1) is 22.7 Å². The largest absolute Gasteiger partial charge is 0.361 e. The number of ketones is 1. The van der Waals surface area contributed by atoms with E-state index in [1.54, 1.807) is 12.4 Å². The first kappa shape index (κ1) is 19.1. The second-order valence-corrected chi connectivity index (χ2v) is 12.4. The van der Waals surface area contributed by atoms with E-state index in [2.05, 4.69) is 30.7 Å². The van der Waals surface area contributed by atoms with Gasteiger partial charge in [-0.2, -0.15) is 10.5 Å². The zero-order chi connectivity index (χ0) is 17.3. The third-order valence-corrected chi connectivity index (χ3v) is 5.13. The number of ether oxygens (including phenoxy) is 1. The summed E-state index contributed by atoms with van der Waals surface area (Å²) < 4.78 is 7.55. The topological polar surface area (TPSA) is 91.7 Å². The first-order valence-corrected chi connectivity index (χ1v) is 11.4. The second kappa shape index (κ2) is 9.24. The van der Waals surface area contributed by atoms with E-state index >= 15 is 0 Å². The van der Waals surface area contributed by atoms with Gasteiger partial charge < -0.3 is 9.30 Å². The van der Waals surface area contributed by atoms with E-state index < -0.39 is 8.07 Å². The summed E-state index contributed by atoms with van der Waals surface area (Å²) in [6.07, 6.45) is 3.67. The lowest BCUT2D eigenvalue weighted by molar-refractivity contribution is -0.118. The zero-order valence-corrected chi connectivity index (χ0v) is 15.1. The van der Waals surface area contributed by atoms with E-state index in [0.29, 0.717) is 19.2 Å². The number of aromatic nitrogens is 2. The molecular formula is C16H24N4O2Si. The van der Waals surface area contributed by atoms with Gasteiger partial charge >= 0.3 is 0 Å². The molecular weight excluding hydrogens is 308 g/mol. The lowest BCUT2D eigenvalue weighted by Crippen LogP contribution is -2.22. The first-order valence-electron chi connectivity index (χ1n) is 7.71. The van der Waals surface area contributed by atoms with Crippen LogP contribution in [0.4, 0.5) is 0 Å². The molecule has 7 heteroatoms. The molecule has 0 aliphatic rings. The summed E-state index contributed by atoms with van der Waals surface area (Å²) in [5.41, 5.74) is 0. The van der Waals surface area contributed by atoms with Crippen molar-refractivity contribution < 1.29 is 9.53 Å². The summed E-state index contributed by atoms with van der Waals surface area (Å²) >= 11 is 0. The Balaban J connectivity index is 2.67. The normalized spacial score (nSPS) is 12.4. The highest BCUT2D eigenvalue weighted by Gasteiger charge is 2.20. The highest BCUT2D eigenvalue weighted by molar-refractivity contribution is 6.76. The van der Waals surface area contributed by atoms with Gasteiger partial charge in [-0.25, -0.2) is 4.98 Å². The summed E-state index contributed by atoms with van der Waals surface area (Å²) in [6, 6.07) is 5.03. The summed E-state index contributed by atoms with van der Waals surface area (Å²) in [7, 11) is -1.13. The minimum absolute atomic E-state index is 0.130. The molecule has 0 radical (unpaired) electrons. The molecule has 0 saturated carbocycles. The average Bonchev–Trinajstić information content (AvgIpc) is 2.91. The molecule has 1 atom stereocenters. The average molecular weight is 332 g/mol. The number of hydrogen-bond acceptors (Lipinski definition) is 5. The lowest BCUT2D eigenvalue weighted by Gasteiger charge is -2.17. The van der Waals surface area contributed by atoms with Gasteiger partial charge in [0.05, 0.1) is 18.6 Å². The van der Waals surface area contributed by atoms with Gasteiger partial charge in [-0.1, -0.05) is 19.6 Å². The van der Waals surface area contributed by atoms with E-state index in [1.807, 2.05) is 10.6 Å². The Kier molecular flexibility index (Phi) is 7.67. The number of carbonyl (C=O) groups is 1. The SMILES string of the molecule is C[Si](C)(C)CCOCn1ccnc1C(CC#N)CC(=O)CC#N. The Bertz CT molecular complexity index is 592. The zero-order valence-electron chi connectivity index (χ0n) is 14.1. The smallest absolute Gasteiger partial charge is 0.147 e. The third kappa shape index (κ3) is 7.23. The van der Waals surface area contributed by atoms with Crippen LogP contribution in [0.3, 0.4) is 0 Å². The van der Waals surface area contributed by atoms with E-state index in [9.17, 15) is 4.79 Å². The van der Waals surface area contributed by atoms with Crippen LogP contribution < -0.4 is 0 Å². The van der Waals surface area contributed by atoms with Gasteiger partial charge in [0, 0.05) is 45.8 Å². The highest BCUT2D eigenvalue weighted by atomic mass is 28.3. The monoisotopic (exact) mass is 332 g/mol. The van der Waals surface area contributed by atoms with Crippen molar-refractivity contribution in [1.29, 1.82) is 10.5 Å². The van der Waals surface area contributed by atoms with Crippen LogP contribution in [0.1, 0.15) is 31.0 Å². The fourth-order valence-electron chi connectivity index (χ4n) is 2.13. The van der Waals surface area contributed by atoms with Crippen molar-refractivity contribution in [3.63, 3.8) is 0 Å². The van der Waals surface area contributed by atoms with E-state index in [4.69, 9.17) is 15.3 Å². The maximum Gasteiger partial charge on any atom is 0.147 e. The van der Waals surface area contributed by atoms with Crippen LogP contribution in [0.15, 0.2) is 12.4 Å². The second-order valence-electron chi connectivity index (χ2n) is 6.74. The molecule has 1 aromatic rings. The molecule has 0 saturated heterocycles. The molecule has 0 N–H and O–H groups in total. The van der Waals surface area contributed by atoms with Crippen molar-refractivity contribution >= 4 is 13.9 Å². The van der Waals surface area contributed by atoms with Crippen LogP contribution in [0.2, 0.25) is 25.7 Å². The fourth-order valence-corrected chi connectivity index (χ4v) is 2.89. The Morgan fingerprint density at radius 3 is 2.74 bits per heavy atom. The Morgan fingerprint density at radius 1 is 1.39 bits per heavy atom. The Morgan fingerprint density at radius 2 is 2.13 bits per heavy atom. The molecule has 0 spiro atoms. The quantitative estimate of drug-likeness (QED) is 0.485. The first-order chi connectivity index (χ1) is 10.9. The maximum atomic E-state index is 11.7. The van der Waals surface area contributed by atoms with E-state index in [-0.39, 0.29) is 31.0 Å². The molecule has 0 fully saturated rings. The van der Waals surface area contributed by atoms with Crippen molar-refractivity contribution in [3.8, 4) is 12.1 Å². The number of nitrogens with zero attached hydrogens (tertiary/aromatic N) is 4. The van der Waals surface area contributed by atoms with Gasteiger partial charge in [-0.05, 0) is 6.04 Å². The number of Topliss-reactive ketones (excluding diaryl/α,β-unsaturated/α-hetero) is 1. The summed E-state index contributed by atoms with van der Waals surface area (Å²) in [5.74, 6) is 0.212. The number of imidazole rings is 1. The van der Waals surface area contributed by atoms with Crippen molar-refractivity contribution in [3.05, 3.63) is 18.2 Å². The maximum absolute atomic E-state index is 11.7. The van der Waals surface area contributed by atoms with Gasteiger partial charge in [-0.3, -0.25) is 4.79 Å². The fraction of sp³-hybridized carbons (Fsp3) is 0.625. The molecule has 0 aromatic carbocycles. The number of nitriles is 2. The Labute approximate surface area is 138 Å². The summed E-state index contributed by atoms with van der Waals surface area (Å²) in [5, 5.41) is 17.6. The van der Waals surface area contributed by atoms with Crippen molar-refractivity contribution in [2.75, 3.05) is 6.61 Å². The minimum Gasteiger partial charge on any atom is -0.361 e. The minimum atomic E-state index is -1.13. The molecule has 0 bridgehead atoms. The van der Waals surface area contributed by atoms with Gasteiger partial charge in [0.15, 0.2) is 0 Å². The van der Waals surface area contributed by atoms with Crippen molar-refractivity contribution in [2.45, 2.75) is 57.6 Å². The molecule has 1 unspecified atom stereocenters. The van der Waals surface area contributed by atoms with E-state index in [0.717, 1.165) is 6.04 Å². The highest BCUT2D eigenvalue weighted by Crippen LogP contribution is 2.23. The van der Waals surface area contributed by atoms with Crippen molar-refractivity contribution in [1.82, 2.24) is 9.55 Å². The van der Waals surface area contributed by atoms with Crippen LogP contribution in [0.25, 0.3) is 0 Å². The molecule has 0 amide bonds. The van der Waals surface area contributed by atoms with E-state index in [1.165, 1.54) is 0 Å². The number of carbonyl (C=O) groups excluding carboxylic acids is 1. The molecule has 23 heavy (non-hydrogen) atoms. The van der Waals surface area contributed by atoms with Gasteiger partial charge in [0.25, 0.3) is 0 Å². The molecule has 1 heterocycles. The number of rotatable bonds is 10. The Hall–Kier alpha value is -1.96. The van der Waals surface area contributed by atoms with Crippen LogP contribution in [-0.4, -0.2) is 30.0 Å². The molecule has 124 valence electrons. The summed E-state index contributed by atoms with van der Waals surface area (Å²) in [4.78, 5) is 16.0. The van der Waals surface area contributed by atoms with Gasteiger partial charge in [0.1, 0.15) is 18.3 Å². The number of hydrogen-bond donors (Lipinski definition) is 0. The standard InChI is InChI=1S/C16H24N4O2Si/c1-23(2,3)11-10-22-13-20-9-8-19-16(20)14(4-6-17)12-15(21)5-7-18/h8-9,14H,4-5,10-13H2,1-3H3. The van der Waals surface area contributed by atoms with Crippen LogP contribution in [0.5, 0.6) is 0 Å². The molecule has 1 rings (SSSR count). The van der Waals surface area contributed by atoms with Crippen LogP contribution in [-0.2, 0) is 16.3 Å². The van der Waals surface area contributed by atoms with Gasteiger partial charge in [-0.15, -0.1) is 0 Å². The molecule has 1 aromatic heterocycles. The molecule has 0 aliphatic heterocycles. The predicted octanol–water partition coefficient (Wildman–Crippen LogP) is 3.07. The van der Waals surface area contributed by atoms with Crippen molar-refractivity contribution in [2.24, 2.45) is 0 Å². The molecule has 0 aliphatic carbocycles. The third-order valence-electron chi connectivity index (χ3n) is 3.43. The summed E-state index contributed by atoms with van der Waals surface area (Å²) in [6.45, 7) is 7.95. The molecule has 6 nitrogen and oxygen atoms in total. The van der Waals surface area contributed by atoms with Crippen LogP contribution >= 0.6 is 0 Å².